The molecule has 1 aliphatic heterocycles. The first kappa shape index (κ1) is 14.9. The number of imide groups is 2. The number of hydrogen-bond acceptors (Lipinski definition) is 4. The Morgan fingerprint density at radius 1 is 1.08 bits per heavy atom. The average molecular weight is 326 g/mol. The predicted molar refractivity (Wildman–Crippen MR) is 85.0 cm³/mol. The van der Waals surface area contributed by atoms with Gasteiger partial charge in [0.05, 0.1) is 12.2 Å². The fourth-order valence-corrected chi connectivity index (χ4v) is 3.54. The summed E-state index contributed by atoms with van der Waals surface area (Å²) in [6.07, 6.45) is 7.25. The molecule has 7 nitrogen and oxygen atoms in total. The van der Waals surface area contributed by atoms with Crippen molar-refractivity contribution in [3.05, 3.63) is 35.8 Å². The van der Waals surface area contributed by atoms with Crippen LogP contribution in [-0.2, 0) is 16.1 Å². The maximum Gasteiger partial charge on any atom is 0.334 e. The van der Waals surface area contributed by atoms with E-state index < -0.39 is 17.8 Å². The Bertz CT molecular complexity index is 851. The highest BCUT2D eigenvalue weighted by Crippen LogP contribution is 2.28. The van der Waals surface area contributed by atoms with E-state index in [0.29, 0.717) is 5.69 Å². The number of aromatic nitrogens is 2. The molecule has 4 amide bonds. The van der Waals surface area contributed by atoms with Crippen LogP contribution in [0.3, 0.4) is 0 Å². The molecule has 2 aliphatic rings. The Hall–Kier alpha value is -2.70. The minimum atomic E-state index is -0.750. The lowest BCUT2D eigenvalue weighted by Crippen LogP contribution is -2.39. The minimum Gasteiger partial charge on any atom is -0.306 e. The quantitative estimate of drug-likeness (QED) is 0.637. The molecule has 4 rings (SSSR count). The molecule has 124 valence electrons. The summed E-state index contributed by atoms with van der Waals surface area (Å²) in [5.74, 6) is -1.45. The monoisotopic (exact) mass is 326 g/mol. The van der Waals surface area contributed by atoms with E-state index in [1.54, 1.807) is 6.20 Å². The molecule has 0 unspecified atom stereocenters. The first-order valence-corrected chi connectivity index (χ1v) is 8.18. The summed E-state index contributed by atoms with van der Waals surface area (Å²) >= 11 is 0. The Morgan fingerprint density at radius 2 is 1.83 bits per heavy atom. The molecule has 3 heterocycles. The van der Waals surface area contributed by atoms with Crippen molar-refractivity contribution < 1.29 is 14.4 Å². The van der Waals surface area contributed by atoms with Crippen LogP contribution >= 0.6 is 0 Å². The van der Waals surface area contributed by atoms with Crippen LogP contribution in [0.5, 0.6) is 0 Å². The van der Waals surface area contributed by atoms with Gasteiger partial charge in [0.15, 0.2) is 0 Å². The molecule has 1 saturated heterocycles. The summed E-state index contributed by atoms with van der Waals surface area (Å²) in [7, 11) is 0. The van der Waals surface area contributed by atoms with E-state index in [4.69, 9.17) is 0 Å². The Morgan fingerprint density at radius 3 is 2.58 bits per heavy atom. The minimum absolute atomic E-state index is 0.0212. The van der Waals surface area contributed by atoms with Crippen LogP contribution in [0.15, 0.2) is 24.5 Å². The second-order valence-corrected chi connectivity index (χ2v) is 6.49. The van der Waals surface area contributed by atoms with Gasteiger partial charge in [-0.1, -0.05) is 18.9 Å². The van der Waals surface area contributed by atoms with E-state index in [9.17, 15) is 14.4 Å². The molecule has 0 bridgehead atoms. The SMILES string of the molecule is Cc1ccc2nc(CN3C(=O)C(=O)N(C4CCCC4)C3=O)cn2c1. The molecule has 2 fully saturated rings. The molecule has 2 aromatic heterocycles. The lowest BCUT2D eigenvalue weighted by molar-refractivity contribution is -0.144. The smallest absolute Gasteiger partial charge is 0.306 e. The molecule has 7 heteroatoms. The molecule has 2 aromatic rings. The lowest BCUT2D eigenvalue weighted by atomic mass is 10.2. The zero-order valence-corrected chi connectivity index (χ0v) is 13.4. The molecule has 0 atom stereocenters. The van der Waals surface area contributed by atoms with Gasteiger partial charge in [-0.2, -0.15) is 0 Å². The van der Waals surface area contributed by atoms with E-state index >= 15 is 0 Å². The number of nitrogens with zero attached hydrogens (tertiary/aromatic N) is 4. The van der Waals surface area contributed by atoms with Gasteiger partial charge in [-0.05, 0) is 31.4 Å². The maximum atomic E-state index is 12.6. The van der Waals surface area contributed by atoms with Crippen molar-refractivity contribution in [1.82, 2.24) is 19.2 Å². The van der Waals surface area contributed by atoms with Crippen molar-refractivity contribution in [3.8, 4) is 0 Å². The third-order valence-electron chi connectivity index (χ3n) is 4.74. The maximum absolute atomic E-state index is 12.6. The van der Waals surface area contributed by atoms with E-state index in [1.165, 1.54) is 0 Å². The van der Waals surface area contributed by atoms with Crippen LogP contribution in [-0.4, -0.2) is 43.1 Å². The Kier molecular flexibility index (Phi) is 3.37. The molecule has 0 N–H and O–H groups in total. The molecule has 1 saturated carbocycles. The van der Waals surface area contributed by atoms with Crippen LogP contribution in [0, 0.1) is 6.92 Å². The lowest BCUT2D eigenvalue weighted by Gasteiger charge is -2.20. The van der Waals surface area contributed by atoms with E-state index in [1.807, 2.05) is 29.7 Å². The third kappa shape index (κ3) is 2.28. The second kappa shape index (κ2) is 5.43. The van der Waals surface area contributed by atoms with Crippen molar-refractivity contribution in [2.24, 2.45) is 0 Å². The number of amides is 4. The molecular weight excluding hydrogens is 308 g/mol. The number of aryl methyl sites for hydroxylation is 1. The number of imidazole rings is 1. The van der Waals surface area contributed by atoms with Crippen molar-refractivity contribution in [3.63, 3.8) is 0 Å². The average Bonchev–Trinajstić information content (AvgIpc) is 3.24. The second-order valence-electron chi connectivity index (χ2n) is 6.49. The van der Waals surface area contributed by atoms with Gasteiger partial charge in [0.1, 0.15) is 5.65 Å². The topological polar surface area (TPSA) is 75.0 Å². The number of pyridine rings is 1. The third-order valence-corrected chi connectivity index (χ3v) is 4.74. The molecular formula is C17H18N4O3. The van der Waals surface area contributed by atoms with E-state index in [0.717, 1.165) is 46.7 Å². The van der Waals surface area contributed by atoms with Crippen LogP contribution in [0.4, 0.5) is 4.79 Å². The molecule has 0 aromatic carbocycles. The van der Waals surface area contributed by atoms with Gasteiger partial charge in [0.25, 0.3) is 0 Å². The number of urea groups is 1. The first-order chi connectivity index (χ1) is 11.5. The summed E-state index contributed by atoms with van der Waals surface area (Å²) in [5.41, 5.74) is 2.42. The van der Waals surface area contributed by atoms with Gasteiger partial charge in [-0.3, -0.25) is 14.5 Å². The summed E-state index contributed by atoms with van der Waals surface area (Å²) < 4.78 is 1.85. The van der Waals surface area contributed by atoms with Gasteiger partial charge in [-0.15, -0.1) is 0 Å². The summed E-state index contributed by atoms with van der Waals surface area (Å²) in [4.78, 5) is 43.6. The van der Waals surface area contributed by atoms with Gasteiger partial charge >= 0.3 is 17.8 Å². The number of fused-ring (bicyclic) bond motifs is 1. The van der Waals surface area contributed by atoms with Crippen LogP contribution in [0.2, 0.25) is 0 Å². The van der Waals surface area contributed by atoms with Gasteiger partial charge in [0.2, 0.25) is 0 Å². The molecule has 24 heavy (non-hydrogen) atoms. The van der Waals surface area contributed by atoms with E-state index in [-0.39, 0.29) is 12.6 Å². The number of hydrogen-bond donors (Lipinski definition) is 0. The van der Waals surface area contributed by atoms with Gasteiger partial charge in [0, 0.05) is 18.4 Å². The Labute approximate surface area is 138 Å². The largest absolute Gasteiger partial charge is 0.334 e. The van der Waals surface area contributed by atoms with Crippen LogP contribution in [0.1, 0.15) is 36.9 Å². The highest BCUT2D eigenvalue weighted by Gasteiger charge is 2.48. The number of rotatable bonds is 3. The van der Waals surface area contributed by atoms with Crippen LogP contribution in [0.25, 0.3) is 5.65 Å². The highest BCUT2D eigenvalue weighted by molar-refractivity contribution is 6.44. The van der Waals surface area contributed by atoms with Gasteiger partial charge < -0.3 is 4.40 Å². The zero-order chi connectivity index (χ0) is 16.8. The zero-order valence-electron chi connectivity index (χ0n) is 13.4. The van der Waals surface area contributed by atoms with Gasteiger partial charge in [-0.25, -0.2) is 14.7 Å². The first-order valence-electron chi connectivity index (χ1n) is 8.18. The highest BCUT2D eigenvalue weighted by atomic mass is 16.2. The van der Waals surface area contributed by atoms with Crippen molar-refractivity contribution >= 4 is 23.5 Å². The predicted octanol–water partition coefficient (Wildman–Crippen LogP) is 1.88. The van der Waals surface area contributed by atoms with E-state index in [2.05, 4.69) is 4.98 Å². The number of carbonyl (C=O) groups is 3. The Balaban J connectivity index is 1.59. The van der Waals surface area contributed by atoms with Crippen molar-refractivity contribution in [2.45, 2.75) is 45.2 Å². The van der Waals surface area contributed by atoms with Crippen LogP contribution < -0.4 is 0 Å². The fraction of sp³-hybridized carbons (Fsp3) is 0.412. The standard InChI is InChI=1S/C17H18N4O3/c1-11-6-7-14-18-12(9-19(14)8-11)10-20-15(22)16(23)21(17(20)24)13-4-2-3-5-13/h6-9,13H,2-5,10H2,1H3. The van der Waals surface area contributed by atoms with Crippen molar-refractivity contribution in [1.29, 1.82) is 0 Å². The fourth-order valence-electron chi connectivity index (χ4n) is 3.54. The molecule has 0 radical (unpaired) electrons. The molecule has 1 aliphatic carbocycles. The summed E-state index contributed by atoms with van der Waals surface area (Å²) in [6, 6.07) is 3.18. The normalized spacial score (nSPS) is 19.3. The summed E-state index contributed by atoms with van der Waals surface area (Å²) in [5, 5.41) is 0. The molecule has 0 spiro atoms. The summed E-state index contributed by atoms with van der Waals surface area (Å²) in [6.45, 7) is 2.00. The van der Waals surface area contributed by atoms with Crippen molar-refractivity contribution in [2.75, 3.05) is 0 Å². The number of carbonyl (C=O) groups excluding carboxylic acids is 3.